The zero-order valence-corrected chi connectivity index (χ0v) is 11.4. The number of aryl methyl sites for hydroxylation is 1. The molecule has 2 rings (SSSR count). The predicted octanol–water partition coefficient (Wildman–Crippen LogP) is 2.98. The average Bonchev–Trinajstić information content (AvgIpc) is 2.37. The maximum atomic E-state index is 13.6. The molecule has 0 saturated carbocycles. The third-order valence-corrected chi connectivity index (χ3v) is 3.92. The van der Waals surface area contributed by atoms with Gasteiger partial charge < -0.3 is 5.73 Å². The maximum Gasteiger partial charge on any atom is 0.140 e. The van der Waals surface area contributed by atoms with Crippen LogP contribution in [0.1, 0.15) is 16.8 Å². The van der Waals surface area contributed by atoms with Crippen LogP contribution in [0, 0.1) is 25.5 Å². The Morgan fingerprint density at radius 3 is 2.58 bits per heavy atom. The van der Waals surface area contributed by atoms with Gasteiger partial charge in [-0.15, -0.1) is 5.10 Å². The fourth-order valence-corrected chi connectivity index (χ4v) is 2.56. The van der Waals surface area contributed by atoms with Crippen LogP contribution in [-0.2, 0) is 6.54 Å². The summed E-state index contributed by atoms with van der Waals surface area (Å²) in [6, 6.07) is 3.44. The minimum atomic E-state index is -0.618. The fourth-order valence-electron chi connectivity index (χ4n) is 1.62. The predicted molar refractivity (Wildman–Crippen MR) is 69.9 cm³/mol. The Labute approximate surface area is 114 Å². The molecule has 0 fully saturated rings. The zero-order valence-electron chi connectivity index (χ0n) is 10.6. The van der Waals surface area contributed by atoms with Crippen LogP contribution in [0.5, 0.6) is 0 Å². The van der Waals surface area contributed by atoms with E-state index < -0.39 is 11.6 Å². The van der Waals surface area contributed by atoms with Gasteiger partial charge in [-0.2, -0.15) is 5.10 Å². The molecule has 0 radical (unpaired) electrons. The lowest BCUT2D eigenvalue weighted by Crippen LogP contribution is -2.07. The molecule has 1 aromatic heterocycles. The molecule has 0 bridgehead atoms. The molecule has 0 unspecified atom stereocenters. The average molecular weight is 281 g/mol. The summed E-state index contributed by atoms with van der Waals surface area (Å²) >= 11 is 1.10. The monoisotopic (exact) mass is 281 g/mol. The number of nitrogens with zero attached hydrogens (tertiary/aromatic N) is 2. The van der Waals surface area contributed by atoms with E-state index >= 15 is 0 Å². The van der Waals surface area contributed by atoms with E-state index in [0.29, 0.717) is 16.5 Å². The van der Waals surface area contributed by atoms with Gasteiger partial charge in [-0.05, 0) is 31.5 Å². The van der Waals surface area contributed by atoms with Gasteiger partial charge in [-0.25, -0.2) is 8.78 Å². The number of benzene rings is 1. The van der Waals surface area contributed by atoms with Crippen molar-refractivity contribution in [3.8, 4) is 0 Å². The third-order valence-electron chi connectivity index (χ3n) is 2.85. The largest absolute Gasteiger partial charge is 0.326 e. The smallest absolute Gasteiger partial charge is 0.140 e. The van der Waals surface area contributed by atoms with Crippen LogP contribution in [0.3, 0.4) is 0 Å². The summed E-state index contributed by atoms with van der Waals surface area (Å²) in [5.74, 6) is -1.22. The number of hydrogen-bond acceptors (Lipinski definition) is 4. The van der Waals surface area contributed by atoms with Crippen molar-refractivity contribution in [1.82, 2.24) is 10.2 Å². The topological polar surface area (TPSA) is 51.8 Å². The summed E-state index contributed by atoms with van der Waals surface area (Å²) in [5, 5.41) is 8.60. The molecule has 0 spiro atoms. The molecule has 3 nitrogen and oxygen atoms in total. The number of rotatable bonds is 3. The Balaban J connectivity index is 2.41. The summed E-state index contributed by atoms with van der Waals surface area (Å²) in [4.78, 5) is 0.300. The molecule has 0 aliphatic carbocycles. The quantitative estimate of drug-likeness (QED) is 0.939. The van der Waals surface area contributed by atoms with E-state index in [2.05, 4.69) is 10.2 Å². The molecule has 6 heteroatoms. The van der Waals surface area contributed by atoms with E-state index in [1.54, 1.807) is 0 Å². The van der Waals surface area contributed by atoms with Gasteiger partial charge in [0, 0.05) is 23.1 Å². The standard InChI is InChI=1S/C13H13F2N3S/c1-7-8(2)17-18-13(10(7)6-16)19-12-4-3-9(14)5-11(12)15/h3-5H,6,16H2,1-2H3. The van der Waals surface area contributed by atoms with E-state index in [4.69, 9.17) is 5.73 Å². The van der Waals surface area contributed by atoms with E-state index in [1.807, 2.05) is 13.8 Å². The molecule has 2 aromatic rings. The molecule has 0 aliphatic heterocycles. The van der Waals surface area contributed by atoms with Crippen molar-refractivity contribution in [2.45, 2.75) is 30.3 Å². The number of nitrogens with two attached hydrogens (primary N) is 1. The zero-order chi connectivity index (χ0) is 14.0. The molecule has 100 valence electrons. The highest BCUT2D eigenvalue weighted by atomic mass is 32.2. The Kier molecular flexibility index (Phi) is 4.11. The second kappa shape index (κ2) is 5.63. The lowest BCUT2D eigenvalue weighted by molar-refractivity contribution is 0.565. The van der Waals surface area contributed by atoms with Gasteiger partial charge in [0.2, 0.25) is 0 Å². The van der Waals surface area contributed by atoms with Crippen LogP contribution in [0.25, 0.3) is 0 Å². The molecule has 0 saturated heterocycles. The first-order valence-corrected chi connectivity index (χ1v) is 6.50. The summed E-state index contributed by atoms with van der Waals surface area (Å²) in [6.07, 6.45) is 0. The summed E-state index contributed by atoms with van der Waals surface area (Å²) in [7, 11) is 0. The van der Waals surface area contributed by atoms with E-state index in [9.17, 15) is 8.78 Å². The Bertz CT molecular complexity index is 617. The highest BCUT2D eigenvalue weighted by molar-refractivity contribution is 7.99. The first-order valence-electron chi connectivity index (χ1n) is 5.68. The van der Waals surface area contributed by atoms with Crippen molar-refractivity contribution in [2.75, 3.05) is 0 Å². The van der Waals surface area contributed by atoms with Crippen LogP contribution < -0.4 is 5.73 Å². The fraction of sp³-hybridized carbons (Fsp3) is 0.231. The number of aromatic nitrogens is 2. The number of hydrogen-bond donors (Lipinski definition) is 1. The lowest BCUT2D eigenvalue weighted by atomic mass is 10.1. The van der Waals surface area contributed by atoms with Crippen molar-refractivity contribution >= 4 is 11.8 Å². The molecule has 0 atom stereocenters. The Morgan fingerprint density at radius 1 is 1.21 bits per heavy atom. The minimum Gasteiger partial charge on any atom is -0.326 e. The normalized spacial score (nSPS) is 10.8. The third kappa shape index (κ3) is 2.90. The van der Waals surface area contributed by atoms with Crippen molar-refractivity contribution < 1.29 is 8.78 Å². The highest BCUT2D eigenvalue weighted by Gasteiger charge is 2.13. The molecular weight excluding hydrogens is 268 g/mol. The van der Waals surface area contributed by atoms with Crippen LogP contribution >= 0.6 is 11.8 Å². The second-order valence-corrected chi connectivity index (χ2v) is 5.11. The van der Waals surface area contributed by atoms with Crippen molar-refractivity contribution in [3.05, 3.63) is 46.7 Å². The van der Waals surface area contributed by atoms with Gasteiger partial charge >= 0.3 is 0 Å². The first kappa shape index (κ1) is 13.9. The molecule has 2 N–H and O–H groups in total. The van der Waals surface area contributed by atoms with Gasteiger partial charge in [0.25, 0.3) is 0 Å². The van der Waals surface area contributed by atoms with Crippen LogP contribution in [0.15, 0.2) is 28.1 Å². The summed E-state index contributed by atoms with van der Waals surface area (Å²) in [6.45, 7) is 4.04. The highest BCUT2D eigenvalue weighted by Crippen LogP contribution is 2.32. The van der Waals surface area contributed by atoms with E-state index in [-0.39, 0.29) is 0 Å². The summed E-state index contributed by atoms with van der Waals surface area (Å²) in [5.41, 5.74) is 8.28. The molecule has 1 aromatic carbocycles. The van der Waals surface area contributed by atoms with Gasteiger partial charge in [0.15, 0.2) is 0 Å². The number of halogens is 2. The molecular formula is C13H13F2N3S. The van der Waals surface area contributed by atoms with Crippen molar-refractivity contribution in [1.29, 1.82) is 0 Å². The minimum absolute atomic E-state index is 0.299. The molecule has 0 aliphatic rings. The molecule has 19 heavy (non-hydrogen) atoms. The molecule has 1 heterocycles. The molecule has 0 amide bonds. The van der Waals surface area contributed by atoms with E-state index in [1.165, 1.54) is 12.1 Å². The summed E-state index contributed by atoms with van der Waals surface area (Å²) < 4.78 is 26.5. The second-order valence-electron chi connectivity index (χ2n) is 4.08. The van der Waals surface area contributed by atoms with Gasteiger partial charge in [-0.1, -0.05) is 11.8 Å². The van der Waals surface area contributed by atoms with Gasteiger partial charge in [-0.3, -0.25) is 0 Å². The van der Waals surface area contributed by atoms with E-state index in [0.717, 1.165) is 34.6 Å². The Hall–Kier alpha value is -1.53. The lowest BCUT2D eigenvalue weighted by Gasteiger charge is -2.10. The maximum absolute atomic E-state index is 13.6. The van der Waals surface area contributed by atoms with Crippen LogP contribution in [0.4, 0.5) is 8.78 Å². The SMILES string of the molecule is Cc1nnc(Sc2ccc(F)cc2F)c(CN)c1C. The Morgan fingerprint density at radius 2 is 1.95 bits per heavy atom. The van der Waals surface area contributed by atoms with Crippen LogP contribution in [0.2, 0.25) is 0 Å². The van der Waals surface area contributed by atoms with Gasteiger partial charge in [0.05, 0.1) is 5.69 Å². The van der Waals surface area contributed by atoms with Crippen molar-refractivity contribution in [3.63, 3.8) is 0 Å². The van der Waals surface area contributed by atoms with Crippen molar-refractivity contribution in [2.24, 2.45) is 5.73 Å². The van der Waals surface area contributed by atoms with Crippen LogP contribution in [-0.4, -0.2) is 10.2 Å². The first-order chi connectivity index (χ1) is 9.02. The van der Waals surface area contributed by atoms with Gasteiger partial charge in [0.1, 0.15) is 16.7 Å².